The minimum atomic E-state index is -1.62. The van der Waals surface area contributed by atoms with Gasteiger partial charge in [-0.1, -0.05) is 12.8 Å². The van der Waals surface area contributed by atoms with Crippen molar-refractivity contribution in [3.05, 3.63) is 53.6 Å². The molecule has 1 saturated carbocycles. The quantitative estimate of drug-likeness (QED) is 0.827. The summed E-state index contributed by atoms with van der Waals surface area (Å²) in [6, 6.07) is 3.68. The van der Waals surface area contributed by atoms with Crippen LogP contribution in [0.4, 0.5) is 24.5 Å². The van der Waals surface area contributed by atoms with E-state index in [1.807, 2.05) is 0 Å². The molecule has 0 unspecified atom stereocenters. The molecule has 1 aliphatic carbocycles. The lowest BCUT2D eigenvalue weighted by molar-refractivity contribution is 0.102. The van der Waals surface area contributed by atoms with Crippen molar-refractivity contribution in [1.29, 1.82) is 0 Å². The molecule has 1 aromatic carbocycles. The standard InChI is InChI=1S/C17H16F3N3O/c18-13-5-6-14(16(20)15(13)19)23-17(24)10-7-12(9-21-8-10)22-11-3-1-2-4-11/h5-9,11,22H,1-4H2,(H,23,24). The van der Waals surface area contributed by atoms with E-state index in [4.69, 9.17) is 0 Å². The zero-order chi connectivity index (χ0) is 17.1. The highest BCUT2D eigenvalue weighted by Crippen LogP contribution is 2.23. The molecule has 7 heteroatoms. The van der Waals surface area contributed by atoms with Crippen LogP contribution in [0.1, 0.15) is 36.0 Å². The van der Waals surface area contributed by atoms with E-state index in [2.05, 4.69) is 15.6 Å². The number of carbonyl (C=O) groups excluding carboxylic acids is 1. The molecule has 1 aromatic heterocycles. The fourth-order valence-electron chi connectivity index (χ4n) is 2.77. The van der Waals surface area contributed by atoms with Crippen molar-refractivity contribution in [2.45, 2.75) is 31.7 Å². The summed E-state index contributed by atoms with van der Waals surface area (Å²) in [5, 5.41) is 5.53. The van der Waals surface area contributed by atoms with Crippen molar-refractivity contribution < 1.29 is 18.0 Å². The van der Waals surface area contributed by atoms with Crippen molar-refractivity contribution in [2.75, 3.05) is 10.6 Å². The second kappa shape index (κ2) is 6.90. The zero-order valence-electron chi connectivity index (χ0n) is 12.8. The molecule has 0 saturated heterocycles. The maximum Gasteiger partial charge on any atom is 0.257 e. The number of anilines is 2. The molecule has 1 fully saturated rings. The number of hydrogen-bond acceptors (Lipinski definition) is 3. The van der Waals surface area contributed by atoms with Crippen LogP contribution in [-0.4, -0.2) is 16.9 Å². The summed E-state index contributed by atoms with van der Waals surface area (Å²) in [6.45, 7) is 0. The van der Waals surface area contributed by atoms with E-state index in [0.29, 0.717) is 11.7 Å². The number of benzene rings is 1. The molecule has 3 rings (SSSR count). The van der Waals surface area contributed by atoms with Crippen molar-refractivity contribution in [1.82, 2.24) is 4.98 Å². The van der Waals surface area contributed by atoms with E-state index in [-0.39, 0.29) is 5.56 Å². The fraction of sp³-hybridized carbons (Fsp3) is 0.294. The van der Waals surface area contributed by atoms with Gasteiger partial charge in [0.15, 0.2) is 17.5 Å². The van der Waals surface area contributed by atoms with Gasteiger partial charge in [-0.2, -0.15) is 0 Å². The number of hydrogen-bond donors (Lipinski definition) is 2. The monoisotopic (exact) mass is 335 g/mol. The topological polar surface area (TPSA) is 54.0 Å². The number of carbonyl (C=O) groups is 1. The Labute approximate surface area is 137 Å². The Hall–Kier alpha value is -2.57. The number of pyridine rings is 1. The van der Waals surface area contributed by atoms with Crippen LogP contribution in [0.15, 0.2) is 30.6 Å². The normalized spacial score (nSPS) is 14.6. The van der Waals surface area contributed by atoms with Crippen LogP contribution in [0.5, 0.6) is 0 Å². The molecule has 0 atom stereocenters. The maximum atomic E-state index is 13.6. The molecule has 2 aromatic rings. The summed E-state index contributed by atoms with van der Waals surface area (Å²) in [7, 11) is 0. The smallest absolute Gasteiger partial charge is 0.257 e. The minimum absolute atomic E-state index is 0.196. The van der Waals surface area contributed by atoms with Crippen LogP contribution in [0.3, 0.4) is 0 Å². The summed E-state index contributed by atoms with van der Waals surface area (Å²) >= 11 is 0. The molecule has 1 aliphatic rings. The lowest BCUT2D eigenvalue weighted by atomic mass is 10.2. The molecule has 0 spiro atoms. The zero-order valence-corrected chi connectivity index (χ0v) is 12.8. The third-order valence-corrected chi connectivity index (χ3v) is 4.01. The first-order valence-corrected chi connectivity index (χ1v) is 7.71. The molecular weight excluding hydrogens is 319 g/mol. The van der Waals surface area contributed by atoms with Crippen LogP contribution in [-0.2, 0) is 0 Å². The first-order chi connectivity index (χ1) is 11.5. The molecule has 1 heterocycles. The van der Waals surface area contributed by atoms with Gasteiger partial charge in [0.25, 0.3) is 5.91 Å². The van der Waals surface area contributed by atoms with Crippen LogP contribution in [0, 0.1) is 17.5 Å². The predicted octanol–water partition coefficient (Wildman–Crippen LogP) is 4.11. The van der Waals surface area contributed by atoms with Gasteiger partial charge in [0, 0.05) is 18.4 Å². The van der Waals surface area contributed by atoms with Crippen molar-refractivity contribution in [2.24, 2.45) is 0 Å². The SMILES string of the molecule is O=C(Nc1ccc(F)c(F)c1F)c1cncc(NC2CCCC2)c1. The van der Waals surface area contributed by atoms with Crippen molar-refractivity contribution in [3.8, 4) is 0 Å². The first kappa shape index (κ1) is 16.3. The van der Waals surface area contributed by atoms with Gasteiger partial charge in [-0.25, -0.2) is 13.2 Å². The highest BCUT2D eigenvalue weighted by atomic mass is 19.2. The highest BCUT2D eigenvalue weighted by Gasteiger charge is 2.18. The van der Waals surface area contributed by atoms with Crippen molar-refractivity contribution >= 4 is 17.3 Å². The number of rotatable bonds is 4. The van der Waals surface area contributed by atoms with E-state index in [0.717, 1.165) is 25.0 Å². The number of amides is 1. The number of halogens is 3. The predicted molar refractivity (Wildman–Crippen MR) is 84.4 cm³/mol. The number of nitrogens with zero attached hydrogens (tertiary/aromatic N) is 1. The second-order valence-corrected chi connectivity index (χ2v) is 5.77. The Morgan fingerprint density at radius 1 is 1.08 bits per heavy atom. The average Bonchev–Trinajstić information content (AvgIpc) is 3.08. The second-order valence-electron chi connectivity index (χ2n) is 5.77. The Kier molecular flexibility index (Phi) is 4.69. The van der Waals surface area contributed by atoms with Gasteiger partial charge >= 0.3 is 0 Å². The van der Waals surface area contributed by atoms with Crippen LogP contribution < -0.4 is 10.6 Å². The van der Waals surface area contributed by atoms with Gasteiger partial charge in [0.1, 0.15) is 0 Å². The largest absolute Gasteiger partial charge is 0.381 e. The molecule has 4 nitrogen and oxygen atoms in total. The van der Waals surface area contributed by atoms with Crippen LogP contribution in [0.2, 0.25) is 0 Å². The highest BCUT2D eigenvalue weighted by molar-refractivity contribution is 6.04. The van der Waals surface area contributed by atoms with E-state index >= 15 is 0 Å². The van der Waals surface area contributed by atoms with Gasteiger partial charge < -0.3 is 10.6 Å². The Morgan fingerprint density at radius 3 is 2.58 bits per heavy atom. The molecule has 0 aliphatic heterocycles. The average molecular weight is 335 g/mol. The fourth-order valence-corrected chi connectivity index (χ4v) is 2.77. The molecule has 1 amide bonds. The molecule has 0 radical (unpaired) electrons. The molecule has 0 bridgehead atoms. The molecule has 2 N–H and O–H groups in total. The molecule has 126 valence electrons. The lowest BCUT2D eigenvalue weighted by Gasteiger charge is -2.14. The van der Waals surface area contributed by atoms with Gasteiger partial charge in [-0.3, -0.25) is 9.78 Å². The van der Waals surface area contributed by atoms with Gasteiger partial charge in [0.05, 0.1) is 16.9 Å². The summed E-state index contributed by atoms with van der Waals surface area (Å²) in [4.78, 5) is 16.2. The summed E-state index contributed by atoms with van der Waals surface area (Å²) < 4.78 is 39.8. The van der Waals surface area contributed by atoms with Gasteiger partial charge in [-0.05, 0) is 31.0 Å². The van der Waals surface area contributed by atoms with Gasteiger partial charge in [-0.15, -0.1) is 0 Å². The lowest BCUT2D eigenvalue weighted by Crippen LogP contribution is -2.17. The third-order valence-electron chi connectivity index (χ3n) is 4.01. The maximum absolute atomic E-state index is 13.6. The van der Waals surface area contributed by atoms with E-state index in [1.54, 1.807) is 12.3 Å². The molecule has 24 heavy (non-hydrogen) atoms. The van der Waals surface area contributed by atoms with Crippen LogP contribution in [0.25, 0.3) is 0 Å². The Morgan fingerprint density at radius 2 is 1.83 bits per heavy atom. The number of nitrogens with one attached hydrogen (secondary N) is 2. The summed E-state index contributed by atoms with van der Waals surface area (Å²) in [5.74, 6) is -5.02. The Bertz CT molecular complexity index is 761. The van der Waals surface area contributed by atoms with E-state index in [9.17, 15) is 18.0 Å². The summed E-state index contributed by atoms with van der Waals surface area (Å²) in [6.07, 6.45) is 7.40. The minimum Gasteiger partial charge on any atom is -0.381 e. The first-order valence-electron chi connectivity index (χ1n) is 7.71. The van der Waals surface area contributed by atoms with Crippen molar-refractivity contribution in [3.63, 3.8) is 0 Å². The summed E-state index contributed by atoms with van der Waals surface area (Å²) in [5.41, 5.74) is 0.468. The third kappa shape index (κ3) is 3.50. The molecular formula is C17H16F3N3O. The van der Waals surface area contributed by atoms with E-state index < -0.39 is 29.0 Å². The van der Waals surface area contributed by atoms with Crippen LogP contribution >= 0.6 is 0 Å². The van der Waals surface area contributed by atoms with E-state index in [1.165, 1.54) is 19.0 Å². The number of aromatic nitrogens is 1. The Balaban J connectivity index is 1.74. The van der Waals surface area contributed by atoms with Gasteiger partial charge in [0.2, 0.25) is 0 Å².